The largest absolute Gasteiger partial charge is 0.471 e. The van der Waals surface area contributed by atoms with E-state index in [0.29, 0.717) is 38.8 Å². The molecule has 1 aliphatic rings. The van der Waals surface area contributed by atoms with Gasteiger partial charge in [0, 0.05) is 42.3 Å². The number of rotatable bonds is 12. The first-order chi connectivity index (χ1) is 26.4. The van der Waals surface area contributed by atoms with Crippen LogP contribution in [0.15, 0.2) is 48.5 Å². The normalized spacial score (nSPS) is 13.4. The summed E-state index contributed by atoms with van der Waals surface area (Å²) in [6.45, 7) is 10.1. The first-order valence-corrected chi connectivity index (χ1v) is 18.2. The van der Waals surface area contributed by atoms with Gasteiger partial charge in [-0.3, -0.25) is 9.59 Å². The van der Waals surface area contributed by atoms with Crippen molar-refractivity contribution in [3.8, 4) is 37.5 Å². The number of fused-ring (bicyclic) bond motifs is 4. The lowest BCUT2D eigenvalue weighted by molar-refractivity contribution is -0.136. The van der Waals surface area contributed by atoms with Crippen molar-refractivity contribution in [2.24, 2.45) is 5.92 Å². The molecule has 0 radical (unpaired) electrons. The average Bonchev–Trinajstić information content (AvgIpc) is 3.84. The van der Waals surface area contributed by atoms with Crippen LogP contribution in [-0.2, 0) is 32.2 Å². The number of ether oxygens (including phenoxy) is 2. The van der Waals surface area contributed by atoms with Gasteiger partial charge in [-0.15, -0.1) is 25.7 Å². The van der Waals surface area contributed by atoms with E-state index in [0.717, 1.165) is 87.8 Å². The molecular formula is C43H53N7O4. The molecule has 0 spiro atoms. The summed E-state index contributed by atoms with van der Waals surface area (Å²) in [7, 11) is 3.20. The molecule has 6 rings (SSSR count). The number of amides is 1. The number of methoxy groups -OCH3 is 1. The van der Waals surface area contributed by atoms with E-state index in [2.05, 4.69) is 120 Å². The standard InChI is InChI=1S/C37H45N7O2.C2H4O2.2C2H2/c1-5-17-44(37(45)35(38-4)27-15-18-46-19-16-27)23-34-41-31-14-11-28-20-25(9-12-29(28)36(31)43-34)7-8-26-10-13-30-32(21-26)42-33(40-30)22-39-24(3)6-2;1-4-2-3;2*1-2/h9-14,20-21,24,27,35,38-39H,5-6,15-19,22-23H2,1-4H3,(H,40,42)(H,41,43);2H,1H3;2*1-2H/t24-,35-;;;/m0.../s1. The van der Waals surface area contributed by atoms with Crippen LogP contribution >= 0.6 is 0 Å². The number of imidazole rings is 2. The number of nitrogens with zero attached hydrogens (tertiary/aromatic N) is 3. The fourth-order valence-electron chi connectivity index (χ4n) is 6.31. The minimum atomic E-state index is -0.212. The Bertz CT molecular complexity index is 2040. The zero-order valence-corrected chi connectivity index (χ0v) is 32.1. The molecule has 11 nitrogen and oxygen atoms in total. The molecule has 0 aliphatic carbocycles. The van der Waals surface area contributed by atoms with Crippen molar-refractivity contribution in [1.29, 1.82) is 0 Å². The number of likely N-dealkylation sites (N-methyl/N-ethyl adjacent to an activating group) is 1. The van der Waals surface area contributed by atoms with Crippen LogP contribution in [0.4, 0.5) is 0 Å². The summed E-state index contributed by atoms with van der Waals surface area (Å²) in [6.07, 6.45) is 19.8. The van der Waals surface area contributed by atoms with Gasteiger partial charge in [0.2, 0.25) is 5.91 Å². The number of aromatic nitrogens is 4. The van der Waals surface area contributed by atoms with Crippen molar-refractivity contribution >= 4 is 45.2 Å². The molecule has 0 saturated carbocycles. The quantitative estimate of drug-likeness (QED) is 0.0918. The van der Waals surface area contributed by atoms with Crippen LogP contribution in [0.3, 0.4) is 0 Å². The molecule has 1 saturated heterocycles. The van der Waals surface area contributed by atoms with Gasteiger partial charge in [-0.1, -0.05) is 37.8 Å². The third-order valence-electron chi connectivity index (χ3n) is 9.19. The molecule has 5 aromatic rings. The summed E-state index contributed by atoms with van der Waals surface area (Å²) in [5, 5.41) is 8.92. The van der Waals surface area contributed by atoms with E-state index in [4.69, 9.17) is 19.5 Å². The lowest BCUT2D eigenvalue weighted by atomic mass is 9.91. The van der Waals surface area contributed by atoms with Gasteiger partial charge in [0.05, 0.1) is 48.3 Å². The predicted molar refractivity (Wildman–Crippen MR) is 217 cm³/mol. The molecular weight excluding hydrogens is 679 g/mol. The molecule has 54 heavy (non-hydrogen) atoms. The van der Waals surface area contributed by atoms with Gasteiger partial charge in [0.15, 0.2) is 0 Å². The SMILES string of the molecule is C#C.C#C.CCCN(Cc1nc2c(ccc3cc(C#Cc4ccc5nc(CN[C@@H](C)CC)[nH]c5c4)ccc32)[nH]1)C(=O)[C@@H](NC)C1CCOCC1.COC=O. The Morgan fingerprint density at radius 1 is 1.00 bits per heavy atom. The first-order valence-electron chi connectivity index (χ1n) is 18.2. The van der Waals surface area contributed by atoms with Crippen LogP contribution in [0.2, 0.25) is 0 Å². The molecule has 284 valence electrons. The maximum Gasteiger partial charge on any atom is 0.292 e. The second kappa shape index (κ2) is 22.4. The molecule has 0 unspecified atom stereocenters. The van der Waals surface area contributed by atoms with Crippen LogP contribution in [0.5, 0.6) is 0 Å². The number of aromatic amines is 2. The molecule has 2 atom stereocenters. The highest BCUT2D eigenvalue weighted by atomic mass is 16.5. The van der Waals surface area contributed by atoms with E-state index in [-0.39, 0.29) is 17.9 Å². The number of nitrogens with one attached hydrogen (secondary N) is 4. The third-order valence-corrected chi connectivity index (χ3v) is 9.19. The second-order valence-corrected chi connectivity index (χ2v) is 12.7. The van der Waals surface area contributed by atoms with E-state index >= 15 is 0 Å². The number of H-pyrrole nitrogens is 2. The van der Waals surface area contributed by atoms with Gasteiger partial charge in [0.1, 0.15) is 11.6 Å². The van der Waals surface area contributed by atoms with Gasteiger partial charge in [-0.25, -0.2) is 9.97 Å². The van der Waals surface area contributed by atoms with Crippen molar-refractivity contribution in [3.63, 3.8) is 0 Å². The number of carbonyl (C=O) groups is 2. The lowest BCUT2D eigenvalue weighted by Crippen LogP contribution is -2.50. The third kappa shape index (κ3) is 11.4. The first kappa shape index (κ1) is 42.8. The predicted octanol–water partition coefficient (Wildman–Crippen LogP) is 5.92. The van der Waals surface area contributed by atoms with E-state index in [1.54, 1.807) is 0 Å². The molecule has 0 bridgehead atoms. The Balaban J connectivity index is 0.000000906. The highest BCUT2D eigenvalue weighted by Crippen LogP contribution is 2.26. The molecule has 11 heteroatoms. The molecule has 1 amide bonds. The number of hydrogen-bond acceptors (Lipinski definition) is 8. The highest BCUT2D eigenvalue weighted by molar-refractivity contribution is 6.04. The van der Waals surface area contributed by atoms with Gasteiger partial charge >= 0.3 is 0 Å². The van der Waals surface area contributed by atoms with Gasteiger partial charge < -0.3 is 35.0 Å². The fourth-order valence-corrected chi connectivity index (χ4v) is 6.31. The van der Waals surface area contributed by atoms with Gasteiger partial charge in [-0.2, -0.15) is 0 Å². The number of carbonyl (C=O) groups excluding carboxylic acids is 2. The fraction of sp³-hybridized carbons (Fsp3) is 0.395. The maximum atomic E-state index is 13.7. The summed E-state index contributed by atoms with van der Waals surface area (Å²) in [6, 6.07) is 16.8. The summed E-state index contributed by atoms with van der Waals surface area (Å²) in [5.74, 6) is 8.81. The summed E-state index contributed by atoms with van der Waals surface area (Å²) >= 11 is 0. The molecule has 3 aromatic carbocycles. The van der Waals surface area contributed by atoms with Crippen molar-refractivity contribution in [2.75, 3.05) is 33.9 Å². The van der Waals surface area contributed by atoms with Gasteiger partial charge in [0.25, 0.3) is 6.47 Å². The topological polar surface area (TPSA) is 137 Å². The molecule has 2 aromatic heterocycles. The molecule has 1 fully saturated rings. The maximum absolute atomic E-state index is 13.7. The number of hydrogen-bond donors (Lipinski definition) is 4. The minimum absolute atomic E-state index is 0.135. The van der Waals surface area contributed by atoms with Crippen LogP contribution in [-0.4, -0.2) is 83.2 Å². The van der Waals surface area contributed by atoms with E-state index in [9.17, 15) is 4.79 Å². The van der Waals surface area contributed by atoms with Crippen LogP contribution in [0, 0.1) is 43.5 Å². The van der Waals surface area contributed by atoms with E-state index < -0.39 is 0 Å². The van der Waals surface area contributed by atoms with Crippen LogP contribution in [0.25, 0.3) is 32.8 Å². The Labute approximate surface area is 319 Å². The Morgan fingerprint density at radius 2 is 1.67 bits per heavy atom. The van der Waals surface area contributed by atoms with Gasteiger partial charge in [-0.05, 0) is 87.4 Å². The van der Waals surface area contributed by atoms with E-state index in [1.807, 2.05) is 24.1 Å². The Hall–Kier alpha value is -5.64. The number of benzene rings is 3. The average molecular weight is 732 g/mol. The van der Waals surface area contributed by atoms with Crippen molar-refractivity contribution in [3.05, 3.63) is 71.3 Å². The molecule has 4 N–H and O–H groups in total. The minimum Gasteiger partial charge on any atom is -0.471 e. The van der Waals surface area contributed by atoms with Crippen LogP contribution < -0.4 is 10.6 Å². The highest BCUT2D eigenvalue weighted by Gasteiger charge is 2.32. The zero-order chi connectivity index (χ0) is 39.5. The molecule has 1 aliphatic heterocycles. The summed E-state index contributed by atoms with van der Waals surface area (Å²) < 4.78 is 9.40. The molecule has 3 heterocycles. The van der Waals surface area contributed by atoms with Crippen molar-refractivity contribution in [2.45, 2.75) is 71.6 Å². The smallest absolute Gasteiger partial charge is 0.292 e. The van der Waals surface area contributed by atoms with Crippen molar-refractivity contribution in [1.82, 2.24) is 35.5 Å². The summed E-state index contributed by atoms with van der Waals surface area (Å²) in [4.78, 5) is 41.2. The monoisotopic (exact) mass is 731 g/mol. The summed E-state index contributed by atoms with van der Waals surface area (Å²) in [5.41, 5.74) is 5.70. The van der Waals surface area contributed by atoms with E-state index in [1.165, 1.54) is 7.11 Å². The Kier molecular flexibility index (Phi) is 17.8. The second-order valence-electron chi connectivity index (χ2n) is 12.7. The zero-order valence-electron chi connectivity index (χ0n) is 32.1. The number of terminal acetylenes is 2. The van der Waals surface area contributed by atoms with Crippen molar-refractivity contribution < 1.29 is 19.1 Å². The lowest BCUT2D eigenvalue weighted by Gasteiger charge is -2.33. The Morgan fingerprint density at radius 3 is 2.31 bits per heavy atom. The van der Waals surface area contributed by atoms with Crippen LogP contribution in [0.1, 0.15) is 69.2 Å².